The molecule has 0 spiro atoms. The fourth-order valence-corrected chi connectivity index (χ4v) is 3.01. The first-order valence-corrected chi connectivity index (χ1v) is 6.71. The molecule has 1 aliphatic rings. The van der Waals surface area contributed by atoms with Crippen molar-refractivity contribution in [3.63, 3.8) is 0 Å². The summed E-state index contributed by atoms with van der Waals surface area (Å²) in [6.07, 6.45) is 3.32. The average molecular weight is 238 g/mol. The van der Waals surface area contributed by atoms with Gasteiger partial charge in [-0.1, -0.05) is 62.3 Å². The summed E-state index contributed by atoms with van der Waals surface area (Å²) < 4.78 is 6.50. The maximum Gasteiger partial charge on any atom is 0.122 e. The van der Waals surface area contributed by atoms with E-state index >= 15 is 0 Å². The second-order valence-electron chi connectivity index (χ2n) is 8.45. The van der Waals surface area contributed by atoms with E-state index in [4.69, 9.17) is 4.74 Å². The molecule has 17 heavy (non-hydrogen) atoms. The summed E-state index contributed by atoms with van der Waals surface area (Å²) in [4.78, 5) is 0. The molecule has 0 atom stereocenters. The van der Waals surface area contributed by atoms with E-state index in [0.29, 0.717) is 0 Å². The van der Waals surface area contributed by atoms with E-state index < -0.39 is 0 Å². The van der Waals surface area contributed by atoms with Crippen molar-refractivity contribution < 1.29 is 4.74 Å². The molecule has 1 nitrogen and oxygen atoms in total. The molecule has 0 amide bonds. The molecule has 1 aliphatic heterocycles. The first-order chi connectivity index (χ1) is 7.31. The van der Waals surface area contributed by atoms with Crippen molar-refractivity contribution in [2.24, 2.45) is 16.2 Å². The highest BCUT2D eigenvalue weighted by Crippen LogP contribution is 2.55. The minimum atomic E-state index is -0.0946. The van der Waals surface area contributed by atoms with Gasteiger partial charge in [-0.3, -0.25) is 0 Å². The van der Waals surface area contributed by atoms with Crippen molar-refractivity contribution in [3.05, 3.63) is 11.8 Å². The van der Waals surface area contributed by atoms with Crippen molar-refractivity contribution in [3.8, 4) is 0 Å². The van der Waals surface area contributed by atoms with Gasteiger partial charge in [-0.2, -0.15) is 0 Å². The monoisotopic (exact) mass is 238 g/mol. The zero-order valence-corrected chi connectivity index (χ0v) is 13.2. The topological polar surface area (TPSA) is 9.23 Å². The predicted molar refractivity (Wildman–Crippen MR) is 74.9 cm³/mol. The van der Waals surface area contributed by atoms with Crippen LogP contribution in [0.5, 0.6) is 0 Å². The van der Waals surface area contributed by atoms with Crippen LogP contribution in [-0.4, -0.2) is 5.60 Å². The molecule has 0 saturated carbocycles. The average Bonchev–Trinajstić information content (AvgIpc) is 2.43. The lowest BCUT2D eigenvalue weighted by atomic mass is 9.61. The van der Waals surface area contributed by atoms with Gasteiger partial charge < -0.3 is 4.74 Å². The lowest BCUT2D eigenvalue weighted by Gasteiger charge is -2.51. The Morgan fingerprint density at radius 2 is 1.29 bits per heavy atom. The van der Waals surface area contributed by atoms with Gasteiger partial charge in [0.2, 0.25) is 0 Å². The molecule has 0 bridgehead atoms. The second kappa shape index (κ2) is 3.76. The summed E-state index contributed by atoms with van der Waals surface area (Å²) in [5.41, 5.74) is 0.282. The summed E-state index contributed by atoms with van der Waals surface area (Å²) in [5.74, 6) is 1.15. The van der Waals surface area contributed by atoms with Crippen LogP contribution in [-0.2, 0) is 4.74 Å². The Bertz CT molecular complexity index is 301. The van der Waals surface area contributed by atoms with Crippen LogP contribution >= 0.6 is 0 Å². The van der Waals surface area contributed by atoms with Crippen LogP contribution in [0.4, 0.5) is 0 Å². The predicted octanol–water partition coefficient (Wildman–Crippen LogP) is 5.17. The highest BCUT2D eigenvalue weighted by atomic mass is 16.5. The van der Waals surface area contributed by atoms with Crippen LogP contribution < -0.4 is 0 Å². The number of hydrogen-bond donors (Lipinski definition) is 0. The molecule has 1 rings (SSSR count). The Hall–Kier alpha value is -0.460. The molecule has 1 heteroatoms. The van der Waals surface area contributed by atoms with Crippen LogP contribution in [0, 0.1) is 16.2 Å². The fraction of sp³-hybridized carbons (Fsp3) is 0.875. The molecular formula is C16H30O. The van der Waals surface area contributed by atoms with Crippen molar-refractivity contribution in [2.75, 3.05) is 0 Å². The molecule has 100 valence electrons. The Morgan fingerprint density at radius 1 is 0.882 bits per heavy atom. The zero-order valence-electron chi connectivity index (χ0n) is 13.2. The molecule has 0 fully saturated rings. The summed E-state index contributed by atoms with van der Waals surface area (Å²) in [5, 5.41) is 0. The molecule has 0 unspecified atom stereocenters. The van der Waals surface area contributed by atoms with E-state index in [1.165, 1.54) is 0 Å². The smallest absolute Gasteiger partial charge is 0.122 e. The van der Waals surface area contributed by atoms with E-state index in [0.717, 1.165) is 12.2 Å². The van der Waals surface area contributed by atoms with Gasteiger partial charge >= 0.3 is 0 Å². The Morgan fingerprint density at radius 3 is 1.47 bits per heavy atom. The molecule has 1 heterocycles. The van der Waals surface area contributed by atoms with Gasteiger partial charge in [0.05, 0.1) is 5.76 Å². The van der Waals surface area contributed by atoms with Gasteiger partial charge in [-0.15, -0.1) is 0 Å². The minimum absolute atomic E-state index is 0.0946. The maximum absolute atomic E-state index is 6.50. The number of allylic oxidation sites excluding steroid dienone is 1. The SMILES string of the molecule is CC(C)(C)C1=CCC(C(C)(C)C)(C(C)(C)C)O1. The van der Waals surface area contributed by atoms with E-state index in [9.17, 15) is 0 Å². The van der Waals surface area contributed by atoms with Crippen LogP contribution in [0.25, 0.3) is 0 Å². The lowest BCUT2D eigenvalue weighted by Crippen LogP contribution is -2.53. The molecule has 0 radical (unpaired) electrons. The van der Waals surface area contributed by atoms with Gasteiger partial charge in [0, 0.05) is 22.7 Å². The van der Waals surface area contributed by atoms with Crippen LogP contribution in [0.1, 0.15) is 68.7 Å². The van der Waals surface area contributed by atoms with Crippen molar-refractivity contribution in [2.45, 2.75) is 74.3 Å². The van der Waals surface area contributed by atoms with Crippen molar-refractivity contribution >= 4 is 0 Å². The first kappa shape index (κ1) is 14.6. The summed E-state index contributed by atoms with van der Waals surface area (Å²) >= 11 is 0. The minimum Gasteiger partial charge on any atom is -0.490 e. The maximum atomic E-state index is 6.50. The molecule has 0 aromatic carbocycles. The van der Waals surface area contributed by atoms with E-state index in [1.807, 2.05) is 0 Å². The van der Waals surface area contributed by atoms with Gasteiger partial charge in [0.1, 0.15) is 5.60 Å². The van der Waals surface area contributed by atoms with Gasteiger partial charge in [0.25, 0.3) is 0 Å². The standard InChI is InChI=1S/C16H30O/c1-13(2,3)12-10-11-16(17-12,14(4,5)6)15(7,8)9/h10H,11H2,1-9H3. The Labute approximate surface area is 108 Å². The fourth-order valence-electron chi connectivity index (χ4n) is 3.01. The highest BCUT2D eigenvalue weighted by Gasteiger charge is 2.55. The number of rotatable bonds is 0. The van der Waals surface area contributed by atoms with Gasteiger partial charge in [0.15, 0.2) is 0 Å². The first-order valence-electron chi connectivity index (χ1n) is 6.71. The summed E-state index contributed by atoms with van der Waals surface area (Å²) in [6.45, 7) is 20.4. The number of hydrogen-bond acceptors (Lipinski definition) is 1. The molecule has 0 aromatic rings. The Kier molecular flexibility index (Phi) is 3.23. The second-order valence-corrected chi connectivity index (χ2v) is 8.45. The van der Waals surface area contributed by atoms with Crippen LogP contribution in [0.2, 0.25) is 0 Å². The van der Waals surface area contributed by atoms with E-state index in [1.54, 1.807) is 0 Å². The van der Waals surface area contributed by atoms with Gasteiger partial charge in [-0.05, 0) is 6.08 Å². The molecule has 0 N–H and O–H groups in total. The molecule has 0 aromatic heterocycles. The molecule has 0 saturated heterocycles. The van der Waals surface area contributed by atoms with Crippen molar-refractivity contribution in [1.29, 1.82) is 0 Å². The van der Waals surface area contributed by atoms with E-state index in [2.05, 4.69) is 68.4 Å². The van der Waals surface area contributed by atoms with E-state index in [-0.39, 0.29) is 21.8 Å². The normalized spacial score (nSPS) is 21.1. The largest absolute Gasteiger partial charge is 0.490 e. The van der Waals surface area contributed by atoms with Crippen molar-refractivity contribution in [1.82, 2.24) is 0 Å². The molecular weight excluding hydrogens is 208 g/mol. The zero-order chi connectivity index (χ0) is 13.7. The third-order valence-corrected chi connectivity index (χ3v) is 4.02. The van der Waals surface area contributed by atoms with Crippen LogP contribution in [0.15, 0.2) is 11.8 Å². The van der Waals surface area contributed by atoms with Gasteiger partial charge in [-0.25, -0.2) is 0 Å². The van der Waals surface area contributed by atoms with Crippen LogP contribution in [0.3, 0.4) is 0 Å². The lowest BCUT2D eigenvalue weighted by molar-refractivity contribution is -0.146. The summed E-state index contributed by atoms with van der Waals surface area (Å²) in [7, 11) is 0. The summed E-state index contributed by atoms with van der Waals surface area (Å²) in [6, 6.07) is 0. The molecule has 0 aliphatic carbocycles. The third kappa shape index (κ3) is 2.39. The highest BCUT2D eigenvalue weighted by molar-refractivity contribution is 5.19. The third-order valence-electron chi connectivity index (χ3n) is 4.02. The Balaban J connectivity index is 3.13. The number of ether oxygens (including phenoxy) is 1. The quantitative estimate of drug-likeness (QED) is 0.566.